The topological polar surface area (TPSA) is 73.3 Å². The Morgan fingerprint density at radius 2 is 1.46 bits per heavy atom. The second-order valence-electron chi connectivity index (χ2n) is 9.48. The number of benzene rings is 1. The number of alkyl halides is 9. The molecule has 0 atom stereocenters. The second kappa shape index (κ2) is 11.7. The molecule has 1 N–H and O–H groups in total. The number of amides is 1. The van der Waals surface area contributed by atoms with Crippen LogP contribution in [0, 0.1) is 5.92 Å². The number of carboxylic acids is 1. The third-order valence-corrected chi connectivity index (χ3v) is 6.67. The molecule has 0 radical (unpaired) electrons. The summed E-state index contributed by atoms with van der Waals surface area (Å²) in [6.07, 6.45) is -21.4. The Balaban J connectivity index is 1.67. The smallest absolute Gasteiger partial charge is 0.434 e. The Morgan fingerprint density at radius 3 is 1.95 bits per heavy atom. The molecule has 1 aromatic rings. The van der Waals surface area contributed by atoms with Gasteiger partial charge in [-0.05, 0) is 36.5 Å². The fourth-order valence-electron chi connectivity index (χ4n) is 4.62. The van der Waals surface area contributed by atoms with Gasteiger partial charge in [0.2, 0.25) is 0 Å². The summed E-state index contributed by atoms with van der Waals surface area (Å²) in [5.41, 5.74) is -0.0612. The van der Waals surface area contributed by atoms with Gasteiger partial charge in [-0.3, -0.25) is 9.69 Å². The molecular weight excluding hydrogens is 553 g/mol. The summed E-state index contributed by atoms with van der Waals surface area (Å²) in [6, 6.07) is 3.23. The summed E-state index contributed by atoms with van der Waals surface area (Å²) >= 11 is 0. The van der Waals surface area contributed by atoms with Crippen LogP contribution in [0.3, 0.4) is 0 Å². The number of aliphatic carboxylic acids is 1. The Kier molecular flexibility index (Phi) is 9.17. The number of hydrogen-bond acceptors (Lipinski definition) is 5. The quantitative estimate of drug-likeness (QED) is 0.471. The first-order valence-corrected chi connectivity index (χ1v) is 11.9. The maximum absolute atomic E-state index is 13.4. The molecule has 2 aliphatic heterocycles. The SMILES string of the molecule is O=C(O)CC1CCN(c2cc(C(F)(F)F)ccc2CN2CCN(C(=O)OC(C(F)(F)F)C(F)(F)F)CC2)CC1. The first kappa shape index (κ1) is 30.6. The minimum absolute atomic E-state index is 0.0267. The fourth-order valence-corrected chi connectivity index (χ4v) is 4.62. The van der Waals surface area contributed by atoms with Gasteiger partial charge in [-0.2, -0.15) is 39.5 Å². The van der Waals surface area contributed by atoms with Gasteiger partial charge in [0.1, 0.15) is 0 Å². The van der Waals surface area contributed by atoms with Crippen molar-refractivity contribution in [2.24, 2.45) is 5.92 Å². The molecule has 2 fully saturated rings. The van der Waals surface area contributed by atoms with E-state index in [-0.39, 0.29) is 45.1 Å². The van der Waals surface area contributed by atoms with E-state index in [2.05, 4.69) is 4.74 Å². The van der Waals surface area contributed by atoms with Gasteiger partial charge >= 0.3 is 30.6 Å². The summed E-state index contributed by atoms with van der Waals surface area (Å²) in [7, 11) is 0. The van der Waals surface area contributed by atoms with Crippen LogP contribution in [0.1, 0.15) is 30.4 Å². The van der Waals surface area contributed by atoms with E-state index in [0.29, 0.717) is 42.1 Å². The Morgan fingerprint density at radius 1 is 0.897 bits per heavy atom. The maximum Gasteiger partial charge on any atom is 0.434 e. The Bertz CT molecular complexity index is 1000. The predicted molar refractivity (Wildman–Crippen MR) is 118 cm³/mol. The van der Waals surface area contributed by atoms with Crippen LogP contribution in [0.2, 0.25) is 0 Å². The van der Waals surface area contributed by atoms with Crippen LogP contribution in [0.4, 0.5) is 50.0 Å². The molecule has 0 bridgehead atoms. The van der Waals surface area contributed by atoms with Crippen LogP contribution in [-0.4, -0.2) is 84.7 Å². The third kappa shape index (κ3) is 8.29. The molecule has 2 aliphatic rings. The normalized spacial score (nSPS) is 18.5. The van der Waals surface area contributed by atoms with E-state index < -0.39 is 42.3 Å². The van der Waals surface area contributed by atoms with Crippen molar-refractivity contribution in [3.63, 3.8) is 0 Å². The molecule has 7 nitrogen and oxygen atoms in total. The van der Waals surface area contributed by atoms with Gasteiger partial charge in [0.15, 0.2) is 0 Å². The highest BCUT2D eigenvalue weighted by Crippen LogP contribution is 2.37. The largest absolute Gasteiger partial charge is 0.481 e. The van der Waals surface area contributed by atoms with E-state index in [0.717, 1.165) is 12.1 Å². The minimum atomic E-state index is -5.84. The van der Waals surface area contributed by atoms with E-state index in [1.807, 2.05) is 0 Å². The number of rotatable bonds is 6. The zero-order chi connectivity index (χ0) is 29.2. The molecule has 1 amide bonds. The standard InChI is InChI=1S/C23H26F9N3O4/c24-21(25,26)16-2-1-15(17(12-16)34-5-3-14(4-6-34)11-18(36)37)13-33-7-9-35(10-8-33)20(38)39-19(22(27,28)29)23(30,31)32/h1-2,12,14,19H,3-11,13H2,(H,36,37). The Labute approximate surface area is 217 Å². The lowest BCUT2D eigenvalue weighted by Crippen LogP contribution is -2.52. The number of anilines is 1. The van der Waals surface area contributed by atoms with Crippen molar-refractivity contribution in [2.45, 2.75) is 50.4 Å². The van der Waals surface area contributed by atoms with Crippen LogP contribution >= 0.6 is 0 Å². The lowest BCUT2D eigenvalue weighted by atomic mass is 9.92. The maximum atomic E-state index is 13.4. The van der Waals surface area contributed by atoms with Crippen molar-refractivity contribution in [1.82, 2.24) is 9.80 Å². The zero-order valence-electron chi connectivity index (χ0n) is 20.4. The van der Waals surface area contributed by atoms with E-state index in [9.17, 15) is 49.1 Å². The summed E-state index contributed by atoms with van der Waals surface area (Å²) in [5, 5.41) is 8.99. The first-order valence-electron chi connectivity index (χ1n) is 11.9. The van der Waals surface area contributed by atoms with Crippen molar-refractivity contribution in [2.75, 3.05) is 44.2 Å². The van der Waals surface area contributed by atoms with Crippen molar-refractivity contribution < 1.29 is 58.9 Å². The van der Waals surface area contributed by atoms with Gasteiger partial charge < -0.3 is 19.6 Å². The van der Waals surface area contributed by atoms with E-state index in [4.69, 9.17) is 5.11 Å². The van der Waals surface area contributed by atoms with Crippen LogP contribution in [-0.2, 0) is 22.3 Å². The van der Waals surface area contributed by atoms with Crippen LogP contribution in [0.25, 0.3) is 0 Å². The van der Waals surface area contributed by atoms with Gasteiger partial charge in [-0.25, -0.2) is 4.79 Å². The monoisotopic (exact) mass is 579 g/mol. The molecule has 220 valence electrons. The molecular formula is C23H26F9N3O4. The van der Waals surface area contributed by atoms with Gasteiger partial charge in [0.05, 0.1) is 5.56 Å². The Hall–Kier alpha value is -2.91. The van der Waals surface area contributed by atoms with E-state index in [1.165, 1.54) is 6.07 Å². The number of ether oxygens (including phenoxy) is 1. The van der Waals surface area contributed by atoms with Crippen LogP contribution < -0.4 is 4.90 Å². The average molecular weight is 579 g/mol. The number of nitrogens with zero attached hydrogens (tertiary/aromatic N) is 3. The highest BCUT2D eigenvalue weighted by Gasteiger charge is 2.60. The number of halogens is 9. The molecule has 3 rings (SSSR count). The molecule has 39 heavy (non-hydrogen) atoms. The molecule has 0 saturated carbocycles. The summed E-state index contributed by atoms with van der Waals surface area (Å²) in [4.78, 5) is 27.1. The van der Waals surface area contributed by atoms with E-state index >= 15 is 0 Å². The predicted octanol–water partition coefficient (Wildman–Crippen LogP) is 5.14. The van der Waals surface area contributed by atoms with Crippen molar-refractivity contribution in [3.05, 3.63) is 29.3 Å². The highest BCUT2D eigenvalue weighted by atomic mass is 19.4. The summed E-state index contributed by atoms with van der Waals surface area (Å²) in [6.45, 7) is 0.337. The van der Waals surface area contributed by atoms with Gasteiger partial charge in [-0.15, -0.1) is 0 Å². The van der Waals surface area contributed by atoms with Crippen LogP contribution in [0.15, 0.2) is 18.2 Å². The van der Waals surface area contributed by atoms with Crippen molar-refractivity contribution in [1.29, 1.82) is 0 Å². The van der Waals surface area contributed by atoms with Gasteiger partial charge in [0.25, 0.3) is 6.10 Å². The zero-order valence-corrected chi connectivity index (χ0v) is 20.4. The number of piperazine rings is 1. The van der Waals surface area contributed by atoms with E-state index in [1.54, 1.807) is 9.80 Å². The third-order valence-electron chi connectivity index (χ3n) is 6.67. The van der Waals surface area contributed by atoms with Gasteiger partial charge in [-0.1, -0.05) is 6.07 Å². The van der Waals surface area contributed by atoms with Crippen LogP contribution in [0.5, 0.6) is 0 Å². The van der Waals surface area contributed by atoms with Gasteiger partial charge in [0, 0.05) is 57.9 Å². The number of piperidine rings is 1. The molecule has 0 unspecified atom stereocenters. The van der Waals surface area contributed by atoms with Crippen molar-refractivity contribution >= 4 is 17.7 Å². The molecule has 2 heterocycles. The molecule has 16 heteroatoms. The number of carboxylic acid groups (broad SMARTS) is 1. The van der Waals surface area contributed by atoms with Crippen molar-refractivity contribution in [3.8, 4) is 0 Å². The number of carbonyl (C=O) groups excluding carboxylic acids is 1. The molecule has 0 spiro atoms. The first-order chi connectivity index (χ1) is 17.9. The highest BCUT2D eigenvalue weighted by molar-refractivity contribution is 5.68. The summed E-state index contributed by atoms with van der Waals surface area (Å²) < 4.78 is 120. The second-order valence-corrected chi connectivity index (χ2v) is 9.48. The number of carbonyl (C=O) groups is 2. The fraction of sp³-hybridized carbons (Fsp3) is 0.652. The lowest BCUT2D eigenvalue weighted by Gasteiger charge is -2.37. The minimum Gasteiger partial charge on any atom is -0.481 e. The average Bonchev–Trinajstić information content (AvgIpc) is 2.81. The molecule has 1 aromatic carbocycles. The molecule has 0 aromatic heterocycles. The lowest BCUT2D eigenvalue weighted by molar-refractivity contribution is -0.308. The number of hydrogen-bond donors (Lipinski definition) is 1. The molecule has 0 aliphatic carbocycles. The summed E-state index contributed by atoms with van der Waals surface area (Å²) in [5.74, 6) is -1.06. The molecule has 2 saturated heterocycles.